The smallest absolute Gasteiger partial charge is 0.264 e. The van der Waals surface area contributed by atoms with E-state index in [4.69, 9.17) is 4.42 Å². The molecule has 0 spiro atoms. The molecule has 2 aromatic heterocycles. The summed E-state index contributed by atoms with van der Waals surface area (Å²) in [6, 6.07) is 11.1. The van der Waals surface area contributed by atoms with Crippen LogP contribution in [-0.2, 0) is 0 Å². The molecular weight excluding hydrogens is 192 g/mol. The number of H-pyrrole nitrogens is 2. The van der Waals surface area contributed by atoms with Crippen LogP contribution in [0.3, 0.4) is 0 Å². The van der Waals surface area contributed by atoms with Crippen LogP contribution >= 0.6 is 0 Å². The zero-order valence-electron chi connectivity index (χ0n) is 7.78. The van der Waals surface area contributed by atoms with Crippen molar-refractivity contribution >= 4 is 11.0 Å². The molecule has 0 fully saturated rings. The minimum atomic E-state index is -0.162. The Morgan fingerprint density at radius 2 is 1.93 bits per heavy atom. The molecular formula is C11H8N2O2. The Morgan fingerprint density at radius 3 is 2.67 bits per heavy atom. The molecule has 3 aromatic rings. The molecule has 1 aromatic carbocycles. The van der Waals surface area contributed by atoms with E-state index in [-0.39, 0.29) is 5.56 Å². The number of rotatable bonds is 1. The van der Waals surface area contributed by atoms with Crippen molar-refractivity contribution in [3.63, 3.8) is 0 Å². The van der Waals surface area contributed by atoms with Crippen molar-refractivity contribution in [2.45, 2.75) is 0 Å². The van der Waals surface area contributed by atoms with E-state index in [1.165, 1.54) is 6.07 Å². The van der Waals surface area contributed by atoms with Gasteiger partial charge in [-0.2, -0.15) is 0 Å². The van der Waals surface area contributed by atoms with Gasteiger partial charge < -0.3 is 4.42 Å². The van der Waals surface area contributed by atoms with E-state index in [2.05, 4.69) is 10.2 Å². The average Bonchev–Trinajstić information content (AvgIpc) is 2.82. The summed E-state index contributed by atoms with van der Waals surface area (Å²) >= 11 is 0. The first-order valence-corrected chi connectivity index (χ1v) is 4.59. The molecule has 0 saturated carbocycles. The first kappa shape index (κ1) is 8.11. The van der Waals surface area contributed by atoms with Crippen LogP contribution in [0.15, 0.2) is 45.6 Å². The van der Waals surface area contributed by atoms with Crippen LogP contribution in [0.2, 0.25) is 0 Å². The Morgan fingerprint density at radius 1 is 1.07 bits per heavy atom. The van der Waals surface area contributed by atoms with Gasteiger partial charge in [0.15, 0.2) is 5.76 Å². The molecule has 74 valence electrons. The fraction of sp³-hybridized carbons (Fsp3) is 0. The predicted octanol–water partition coefficient (Wildman–Crippen LogP) is 2.12. The zero-order chi connectivity index (χ0) is 10.3. The molecule has 0 aliphatic rings. The van der Waals surface area contributed by atoms with Crippen LogP contribution in [0.25, 0.3) is 22.4 Å². The molecule has 0 aliphatic heterocycles. The highest BCUT2D eigenvalue weighted by atomic mass is 16.3. The number of fused-ring (bicyclic) bond motifs is 1. The second kappa shape index (κ2) is 2.88. The van der Waals surface area contributed by atoms with E-state index in [0.29, 0.717) is 11.5 Å². The molecule has 0 aliphatic carbocycles. The third kappa shape index (κ3) is 1.27. The van der Waals surface area contributed by atoms with Gasteiger partial charge in [-0.05, 0) is 12.1 Å². The summed E-state index contributed by atoms with van der Waals surface area (Å²) in [6.45, 7) is 0. The maximum absolute atomic E-state index is 11.0. The van der Waals surface area contributed by atoms with Crippen molar-refractivity contribution in [3.05, 3.63) is 46.8 Å². The Balaban J connectivity index is 2.24. The summed E-state index contributed by atoms with van der Waals surface area (Å²) in [6.07, 6.45) is 0. The van der Waals surface area contributed by atoms with Gasteiger partial charge >= 0.3 is 0 Å². The lowest BCUT2D eigenvalue weighted by Crippen LogP contribution is -1.93. The van der Waals surface area contributed by atoms with Crippen LogP contribution in [-0.4, -0.2) is 10.2 Å². The van der Waals surface area contributed by atoms with Gasteiger partial charge in [-0.15, -0.1) is 0 Å². The molecule has 0 unspecified atom stereocenters. The third-order valence-electron chi connectivity index (χ3n) is 2.29. The lowest BCUT2D eigenvalue weighted by atomic mass is 10.2. The quantitative estimate of drug-likeness (QED) is 0.632. The van der Waals surface area contributed by atoms with Gasteiger partial charge in [-0.25, -0.2) is 0 Å². The number of furan rings is 1. The van der Waals surface area contributed by atoms with Gasteiger partial charge in [0.1, 0.15) is 11.3 Å². The van der Waals surface area contributed by atoms with E-state index >= 15 is 0 Å². The standard InChI is InChI=1S/C11H8N2O2/c14-11-6-8(12-13-11)10-5-7-3-1-2-4-9(7)15-10/h1-6H,(H2,12,13,14). The van der Waals surface area contributed by atoms with Crippen LogP contribution in [0.1, 0.15) is 0 Å². The Labute approximate surface area is 84.5 Å². The highest BCUT2D eigenvalue weighted by Gasteiger charge is 2.06. The fourth-order valence-electron chi connectivity index (χ4n) is 1.58. The lowest BCUT2D eigenvalue weighted by Gasteiger charge is -1.87. The monoisotopic (exact) mass is 200 g/mol. The van der Waals surface area contributed by atoms with Gasteiger partial charge in [0.25, 0.3) is 5.56 Å². The van der Waals surface area contributed by atoms with Crippen molar-refractivity contribution in [2.75, 3.05) is 0 Å². The predicted molar refractivity (Wildman–Crippen MR) is 56.6 cm³/mol. The van der Waals surface area contributed by atoms with Crippen molar-refractivity contribution < 1.29 is 4.42 Å². The van der Waals surface area contributed by atoms with Crippen molar-refractivity contribution in [1.82, 2.24) is 10.2 Å². The van der Waals surface area contributed by atoms with E-state index in [0.717, 1.165) is 11.0 Å². The fourth-order valence-corrected chi connectivity index (χ4v) is 1.58. The number of para-hydroxylation sites is 1. The number of hydrogen-bond donors (Lipinski definition) is 2. The van der Waals surface area contributed by atoms with Crippen LogP contribution in [0.5, 0.6) is 0 Å². The minimum absolute atomic E-state index is 0.162. The molecule has 3 rings (SSSR count). The number of hydrogen-bond acceptors (Lipinski definition) is 2. The summed E-state index contributed by atoms with van der Waals surface area (Å²) in [4.78, 5) is 11.0. The highest BCUT2D eigenvalue weighted by molar-refractivity contribution is 5.81. The van der Waals surface area contributed by atoms with Gasteiger partial charge in [-0.3, -0.25) is 15.0 Å². The molecule has 0 bridgehead atoms. The third-order valence-corrected chi connectivity index (χ3v) is 2.29. The number of aromatic nitrogens is 2. The molecule has 0 atom stereocenters. The minimum Gasteiger partial charge on any atom is -0.454 e. The summed E-state index contributed by atoms with van der Waals surface area (Å²) in [7, 11) is 0. The molecule has 4 nitrogen and oxygen atoms in total. The van der Waals surface area contributed by atoms with Crippen molar-refractivity contribution in [2.24, 2.45) is 0 Å². The maximum Gasteiger partial charge on any atom is 0.264 e. The zero-order valence-corrected chi connectivity index (χ0v) is 7.78. The first-order valence-electron chi connectivity index (χ1n) is 4.59. The van der Waals surface area contributed by atoms with Crippen LogP contribution in [0, 0.1) is 0 Å². The summed E-state index contributed by atoms with van der Waals surface area (Å²) in [5, 5.41) is 6.25. The molecule has 0 saturated heterocycles. The average molecular weight is 200 g/mol. The van der Waals surface area contributed by atoms with Gasteiger partial charge in [0.05, 0.1) is 0 Å². The van der Waals surface area contributed by atoms with Crippen LogP contribution < -0.4 is 5.56 Å². The number of benzene rings is 1. The first-order chi connectivity index (χ1) is 7.33. The van der Waals surface area contributed by atoms with E-state index in [1.54, 1.807) is 0 Å². The Bertz CT molecular complexity index is 627. The van der Waals surface area contributed by atoms with Gasteiger partial charge in [0.2, 0.25) is 0 Å². The second-order valence-electron chi connectivity index (χ2n) is 3.32. The normalized spacial score (nSPS) is 10.9. The maximum atomic E-state index is 11.0. The van der Waals surface area contributed by atoms with E-state index < -0.39 is 0 Å². The number of aromatic amines is 2. The van der Waals surface area contributed by atoms with Gasteiger partial charge in [0, 0.05) is 11.5 Å². The van der Waals surface area contributed by atoms with Gasteiger partial charge in [-0.1, -0.05) is 18.2 Å². The molecule has 2 N–H and O–H groups in total. The molecule has 4 heteroatoms. The molecule has 15 heavy (non-hydrogen) atoms. The van der Waals surface area contributed by atoms with Crippen LogP contribution in [0.4, 0.5) is 0 Å². The SMILES string of the molecule is O=c1cc(-c2cc3ccccc3o2)[nH][nH]1. The lowest BCUT2D eigenvalue weighted by molar-refractivity contribution is 0.628. The van der Waals surface area contributed by atoms with E-state index in [9.17, 15) is 4.79 Å². The largest absolute Gasteiger partial charge is 0.454 e. The molecule has 0 amide bonds. The summed E-state index contributed by atoms with van der Waals surface area (Å²) in [5.41, 5.74) is 1.32. The summed E-state index contributed by atoms with van der Waals surface area (Å²) in [5.74, 6) is 0.662. The van der Waals surface area contributed by atoms with Crippen molar-refractivity contribution in [1.29, 1.82) is 0 Å². The Hall–Kier alpha value is -2.23. The van der Waals surface area contributed by atoms with Crippen molar-refractivity contribution in [3.8, 4) is 11.5 Å². The molecule has 0 radical (unpaired) electrons. The van der Waals surface area contributed by atoms with E-state index in [1.807, 2.05) is 30.3 Å². The number of nitrogens with one attached hydrogen (secondary N) is 2. The second-order valence-corrected chi connectivity index (χ2v) is 3.32. The highest BCUT2D eigenvalue weighted by Crippen LogP contribution is 2.25. The summed E-state index contributed by atoms with van der Waals surface area (Å²) < 4.78 is 5.58. The molecule has 2 heterocycles. The topological polar surface area (TPSA) is 61.8 Å². The Kier molecular flexibility index (Phi) is 1.56.